The van der Waals surface area contributed by atoms with Gasteiger partial charge in [0.15, 0.2) is 0 Å². The third kappa shape index (κ3) is 3.39. The molecule has 2 N–H and O–H groups in total. The van der Waals surface area contributed by atoms with E-state index in [0.29, 0.717) is 37.6 Å². The van der Waals surface area contributed by atoms with Gasteiger partial charge in [0.1, 0.15) is 18.2 Å². The van der Waals surface area contributed by atoms with Crippen molar-refractivity contribution >= 4 is 6.03 Å². The number of carbonyl (C=O) groups excluding carboxylic acids is 1. The minimum atomic E-state index is -0.289. The number of hydrogen-bond acceptors (Lipinski definition) is 3. The number of nitrogens with one attached hydrogen (secondary N) is 2. The molecule has 0 bridgehead atoms. The van der Waals surface area contributed by atoms with Crippen LogP contribution in [0.4, 0.5) is 9.18 Å². The van der Waals surface area contributed by atoms with Crippen molar-refractivity contribution in [3.63, 3.8) is 0 Å². The molecule has 0 aliphatic carbocycles. The van der Waals surface area contributed by atoms with Crippen LogP contribution >= 0.6 is 0 Å². The fourth-order valence-corrected chi connectivity index (χ4v) is 2.10. The number of ether oxygens (including phenoxy) is 1. The van der Waals surface area contributed by atoms with Gasteiger partial charge in [-0.25, -0.2) is 9.18 Å². The normalized spacial score (nSPS) is 16.1. The van der Waals surface area contributed by atoms with E-state index in [0.717, 1.165) is 0 Å². The average Bonchev–Trinajstić information content (AvgIpc) is 2.84. The predicted molar refractivity (Wildman–Crippen MR) is 74.3 cm³/mol. The first-order valence-electron chi connectivity index (χ1n) is 6.74. The number of amides is 2. The number of nitrogens with zero attached hydrogens (tertiary/aromatic N) is 1. The molecule has 0 spiro atoms. The Morgan fingerprint density at radius 2 is 2.35 bits per heavy atom. The molecular weight excluding hydrogens is 261 g/mol. The lowest BCUT2D eigenvalue weighted by Gasteiger charge is -2.16. The van der Waals surface area contributed by atoms with Crippen LogP contribution in [0.25, 0.3) is 0 Å². The molecule has 6 heteroatoms. The van der Waals surface area contributed by atoms with Crippen LogP contribution in [0.1, 0.15) is 18.5 Å². The van der Waals surface area contributed by atoms with E-state index < -0.39 is 0 Å². The number of urea groups is 1. The Morgan fingerprint density at radius 3 is 2.95 bits per heavy atom. The highest BCUT2D eigenvalue weighted by Gasteiger charge is 2.18. The van der Waals surface area contributed by atoms with Crippen molar-refractivity contribution in [2.24, 2.45) is 0 Å². The molecule has 2 rings (SSSR count). The lowest BCUT2D eigenvalue weighted by atomic mass is 10.1. The number of rotatable bonds is 6. The van der Waals surface area contributed by atoms with E-state index in [4.69, 9.17) is 4.74 Å². The lowest BCUT2D eigenvalue weighted by molar-refractivity contribution is 0.202. The summed E-state index contributed by atoms with van der Waals surface area (Å²) in [6, 6.07) is 4.73. The van der Waals surface area contributed by atoms with Gasteiger partial charge in [-0.15, -0.1) is 0 Å². The summed E-state index contributed by atoms with van der Waals surface area (Å²) >= 11 is 0. The Labute approximate surface area is 118 Å². The molecule has 1 aromatic carbocycles. The van der Waals surface area contributed by atoms with Crippen molar-refractivity contribution in [2.45, 2.75) is 13.0 Å². The quantitative estimate of drug-likeness (QED) is 0.831. The largest absolute Gasteiger partial charge is 0.492 e. The summed E-state index contributed by atoms with van der Waals surface area (Å²) in [7, 11) is 1.79. The van der Waals surface area contributed by atoms with E-state index in [9.17, 15) is 9.18 Å². The van der Waals surface area contributed by atoms with Gasteiger partial charge in [0.25, 0.3) is 0 Å². The van der Waals surface area contributed by atoms with Crippen LogP contribution in [0.15, 0.2) is 18.2 Å². The monoisotopic (exact) mass is 281 g/mol. The van der Waals surface area contributed by atoms with Gasteiger partial charge in [0.05, 0.1) is 6.54 Å². The molecule has 1 unspecified atom stereocenters. The van der Waals surface area contributed by atoms with Crippen LogP contribution in [0.5, 0.6) is 5.75 Å². The Bertz CT molecular complexity index is 481. The first-order valence-corrected chi connectivity index (χ1v) is 6.74. The molecule has 1 aliphatic heterocycles. The van der Waals surface area contributed by atoms with Gasteiger partial charge in [-0.3, -0.25) is 0 Å². The number of carbonyl (C=O) groups is 1. The van der Waals surface area contributed by atoms with Crippen LogP contribution in [0.3, 0.4) is 0 Å². The SMILES string of the molecule is CNC(C)c1ccc(OCCN2CCNC2=O)cc1F. The van der Waals surface area contributed by atoms with E-state index in [1.54, 1.807) is 24.1 Å². The molecule has 0 radical (unpaired) electrons. The molecule has 1 heterocycles. The van der Waals surface area contributed by atoms with Crippen LogP contribution in [-0.4, -0.2) is 44.2 Å². The fourth-order valence-electron chi connectivity index (χ4n) is 2.10. The minimum Gasteiger partial charge on any atom is -0.492 e. The molecule has 110 valence electrons. The van der Waals surface area contributed by atoms with Crippen molar-refractivity contribution in [1.29, 1.82) is 0 Å². The molecule has 1 atom stereocenters. The second-order valence-corrected chi connectivity index (χ2v) is 4.76. The van der Waals surface area contributed by atoms with Crippen molar-refractivity contribution in [3.05, 3.63) is 29.6 Å². The van der Waals surface area contributed by atoms with Gasteiger partial charge in [-0.2, -0.15) is 0 Å². The third-order valence-corrected chi connectivity index (χ3v) is 3.45. The van der Waals surface area contributed by atoms with Crippen molar-refractivity contribution < 1.29 is 13.9 Å². The summed E-state index contributed by atoms with van der Waals surface area (Å²) in [5.41, 5.74) is 0.610. The Balaban J connectivity index is 1.87. The van der Waals surface area contributed by atoms with Gasteiger partial charge >= 0.3 is 6.03 Å². The number of benzene rings is 1. The summed E-state index contributed by atoms with van der Waals surface area (Å²) in [5.74, 6) is 0.192. The summed E-state index contributed by atoms with van der Waals surface area (Å²) in [5, 5.41) is 5.71. The van der Waals surface area contributed by atoms with E-state index in [2.05, 4.69) is 10.6 Å². The molecule has 0 saturated carbocycles. The van der Waals surface area contributed by atoms with Crippen LogP contribution in [0, 0.1) is 5.82 Å². The molecule has 1 saturated heterocycles. The average molecular weight is 281 g/mol. The fraction of sp³-hybridized carbons (Fsp3) is 0.500. The molecule has 5 nitrogen and oxygen atoms in total. The molecule has 0 aromatic heterocycles. The molecule has 1 fully saturated rings. The Hall–Kier alpha value is -1.82. The standard InChI is InChI=1S/C14H20FN3O2/c1-10(16-2)12-4-3-11(9-13(12)15)20-8-7-18-6-5-17-14(18)19/h3-4,9-10,16H,5-8H2,1-2H3,(H,17,19). The van der Waals surface area contributed by atoms with Crippen molar-refractivity contribution in [2.75, 3.05) is 33.3 Å². The zero-order chi connectivity index (χ0) is 14.5. The highest BCUT2D eigenvalue weighted by atomic mass is 19.1. The van der Waals surface area contributed by atoms with Crippen LogP contribution in [0.2, 0.25) is 0 Å². The van der Waals surface area contributed by atoms with E-state index in [1.165, 1.54) is 6.07 Å². The zero-order valence-electron chi connectivity index (χ0n) is 11.8. The van der Waals surface area contributed by atoms with Crippen LogP contribution in [-0.2, 0) is 0 Å². The van der Waals surface area contributed by atoms with Crippen LogP contribution < -0.4 is 15.4 Å². The Morgan fingerprint density at radius 1 is 1.55 bits per heavy atom. The third-order valence-electron chi connectivity index (χ3n) is 3.45. The van der Waals surface area contributed by atoms with Gasteiger partial charge in [-0.1, -0.05) is 6.07 Å². The van der Waals surface area contributed by atoms with Gasteiger partial charge in [0, 0.05) is 30.8 Å². The topological polar surface area (TPSA) is 53.6 Å². The predicted octanol–water partition coefficient (Wildman–Crippen LogP) is 1.51. The molecule has 1 aliphatic rings. The van der Waals surface area contributed by atoms with Crippen molar-refractivity contribution in [1.82, 2.24) is 15.5 Å². The van der Waals surface area contributed by atoms with E-state index in [1.807, 2.05) is 6.92 Å². The second kappa shape index (κ2) is 6.56. The van der Waals surface area contributed by atoms with E-state index >= 15 is 0 Å². The molecule has 2 amide bonds. The highest BCUT2D eigenvalue weighted by Crippen LogP contribution is 2.21. The maximum atomic E-state index is 13.9. The smallest absolute Gasteiger partial charge is 0.317 e. The summed E-state index contributed by atoms with van der Waals surface area (Å²) in [6.07, 6.45) is 0. The summed E-state index contributed by atoms with van der Waals surface area (Å²) < 4.78 is 19.4. The molecule has 1 aromatic rings. The van der Waals surface area contributed by atoms with Gasteiger partial charge < -0.3 is 20.3 Å². The molecular formula is C14H20FN3O2. The number of halogens is 1. The van der Waals surface area contributed by atoms with Gasteiger partial charge in [-0.05, 0) is 20.0 Å². The van der Waals surface area contributed by atoms with E-state index in [-0.39, 0.29) is 17.9 Å². The van der Waals surface area contributed by atoms with Gasteiger partial charge in [0.2, 0.25) is 0 Å². The maximum absolute atomic E-state index is 13.9. The molecule has 20 heavy (non-hydrogen) atoms. The maximum Gasteiger partial charge on any atom is 0.317 e. The number of hydrogen-bond donors (Lipinski definition) is 2. The minimum absolute atomic E-state index is 0.0441. The highest BCUT2D eigenvalue weighted by molar-refractivity contribution is 5.76. The lowest BCUT2D eigenvalue weighted by Crippen LogP contribution is -2.31. The summed E-state index contributed by atoms with van der Waals surface area (Å²) in [6.45, 7) is 4.11. The first kappa shape index (κ1) is 14.6. The Kier molecular flexibility index (Phi) is 4.79. The van der Waals surface area contributed by atoms with Crippen molar-refractivity contribution in [3.8, 4) is 5.75 Å². The summed E-state index contributed by atoms with van der Waals surface area (Å²) in [4.78, 5) is 13.0. The zero-order valence-corrected chi connectivity index (χ0v) is 11.8. The second-order valence-electron chi connectivity index (χ2n) is 4.76. The first-order chi connectivity index (χ1) is 9.61.